The van der Waals surface area contributed by atoms with Gasteiger partial charge in [0, 0.05) is 12.6 Å². The van der Waals surface area contributed by atoms with Crippen LogP contribution in [0.25, 0.3) is 0 Å². The summed E-state index contributed by atoms with van der Waals surface area (Å²) in [6.45, 7) is 2.95. The lowest BCUT2D eigenvalue weighted by molar-refractivity contribution is -0.140. The monoisotopic (exact) mass is 583 g/mol. The number of carbonyl (C=O) groups excluding carboxylic acids is 2. The number of rotatable bonds is 11. The van der Waals surface area contributed by atoms with Gasteiger partial charge in [0.15, 0.2) is 0 Å². The molecule has 1 atom stereocenters. The molecule has 1 N–H and O–H groups in total. The Morgan fingerprint density at radius 2 is 1.46 bits per heavy atom. The summed E-state index contributed by atoms with van der Waals surface area (Å²) >= 11 is 0. The average Bonchev–Trinajstić information content (AvgIpc) is 3.46. The van der Waals surface area contributed by atoms with Crippen LogP contribution < -0.4 is 9.62 Å². The minimum Gasteiger partial charge on any atom is -0.352 e. The van der Waals surface area contributed by atoms with Gasteiger partial charge in [0.1, 0.15) is 24.2 Å². The Bertz CT molecular complexity index is 1440. The molecule has 3 aromatic rings. The summed E-state index contributed by atoms with van der Waals surface area (Å²) in [5.74, 6) is -1.93. The van der Waals surface area contributed by atoms with Crippen LogP contribution in [-0.4, -0.2) is 43.8 Å². The minimum atomic E-state index is -4.25. The summed E-state index contributed by atoms with van der Waals surface area (Å²) in [4.78, 5) is 28.8. The first-order valence-corrected chi connectivity index (χ1v) is 15.2. The molecule has 1 aliphatic carbocycles. The van der Waals surface area contributed by atoms with E-state index in [2.05, 4.69) is 5.32 Å². The molecule has 1 unspecified atom stereocenters. The molecule has 1 fully saturated rings. The highest BCUT2D eigenvalue weighted by molar-refractivity contribution is 7.92. The molecule has 0 aliphatic heterocycles. The van der Waals surface area contributed by atoms with Gasteiger partial charge in [0.2, 0.25) is 11.8 Å². The Labute approximate surface area is 240 Å². The molecular formula is C31H35F2N3O4S. The van der Waals surface area contributed by atoms with Crippen molar-refractivity contribution in [1.82, 2.24) is 10.2 Å². The van der Waals surface area contributed by atoms with E-state index < -0.39 is 40.2 Å². The van der Waals surface area contributed by atoms with Crippen LogP contribution in [0.1, 0.15) is 50.2 Å². The number of nitrogens with one attached hydrogen (secondary N) is 1. The molecule has 0 aromatic heterocycles. The molecule has 7 nitrogen and oxygen atoms in total. The molecule has 0 heterocycles. The number of benzene rings is 3. The number of anilines is 1. The topological polar surface area (TPSA) is 86.8 Å². The summed E-state index contributed by atoms with van der Waals surface area (Å²) in [6.07, 6.45) is 4.04. The molecule has 218 valence electrons. The Morgan fingerprint density at radius 3 is 2.02 bits per heavy atom. The molecule has 3 aromatic carbocycles. The molecule has 4 rings (SSSR count). The standard InChI is InChI=1S/C31H35F2N3O4S/c1-3-29(31(38)34-26-6-4-5-7-26)35(20-23-10-12-24(32)13-11-23)30(37)21-36(27-16-14-25(33)15-17-27)41(39,40)28-18-8-22(2)9-19-28/h8-19,26,29H,3-7,20-21H2,1-2H3,(H,34,38). The lowest BCUT2D eigenvalue weighted by Gasteiger charge is -2.33. The largest absolute Gasteiger partial charge is 0.352 e. The van der Waals surface area contributed by atoms with E-state index >= 15 is 0 Å². The first-order chi connectivity index (χ1) is 19.6. The Morgan fingerprint density at radius 1 is 0.902 bits per heavy atom. The van der Waals surface area contributed by atoms with Crippen LogP contribution in [0, 0.1) is 18.6 Å². The molecule has 1 aliphatic rings. The van der Waals surface area contributed by atoms with Crippen molar-refractivity contribution in [2.24, 2.45) is 0 Å². The number of hydrogen-bond donors (Lipinski definition) is 1. The maximum atomic E-state index is 14.0. The van der Waals surface area contributed by atoms with E-state index in [4.69, 9.17) is 0 Å². The van der Waals surface area contributed by atoms with Gasteiger partial charge in [-0.2, -0.15) is 0 Å². The van der Waals surface area contributed by atoms with Crippen molar-refractivity contribution in [2.75, 3.05) is 10.8 Å². The van der Waals surface area contributed by atoms with E-state index in [9.17, 15) is 26.8 Å². The summed E-state index contributed by atoms with van der Waals surface area (Å²) in [5, 5.41) is 3.05. The second-order valence-electron chi connectivity index (χ2n) is 10.4. The predicted octanol–water partition coefficient (Wildman–Crippen LogP) is 5.33. The normalized spacial score (nSPS) is 14.4. The van der Waals surface area contributed by atoms with Crippen molar-refractivity contribution in [3.8, 4) is 0 Å². The van der Waals surface area contributed by atoms with Gasteiger partial charge in [-0.05, 0) is 80.3 Å². The highest BCUT2D eigenvalue weighted by Crippen LogP contribution is 2.26. The summed E-state index contributed by atoms with van der Waals surface area (Å²) in [7, 11) is -4.25. The lowest BCUT2D eigenvalue weighted by Crippen LogP contribution is -2.53. The number of aryl methyl sites for hydroxylation is 1. The van der Waals surface area contributed by atoms with Crippen molar-refractivity contribution >= 4 is 27.5 Å². The number of sulfonamides is 1. The van der Waals surface area contributed by atoms with Crippen LogP contribution in [0.3, 0.4) is 0 Å². The van der Waals surface area contributed by atoms with E-state index in [1.54, 1.807) is 19.1 Å². The third-order valence-electron chi connectivity index (χ3n) is 7.36. The molecule has 0 bridgehead atoms. The van der Waals surface area contributed by atoms with Crippen molar-refractivity contribution < 1.29 is 26.8 Å². The highest BCUT2D eigenvalue weighted by Gasteiger charge is 2.34. The fourth-order valence-corrected chi connectivity index (χ4v) is 6.46. The van der Waals surface area contributed by atoms with Crippen molar-refractivity contribution in [2.45, 2.75) is 69.5 Å². The highest BCUT2D eigenvalue weighted by atomic mass is 32.2. The van der Waals surface area contributed by atoms with Gasteiger partial charge >= 0.3 is 0 Å². The zero-order chi connectivity index (χ0) is 29.6. The second kappa shape index (κ2) is 13.2. The van der Waals surface area contributed by atoms with Gasteiger partial charge in [-0.1, -0.05) is 49.6 Å². The zero-order valence-corrected chi connectivity index (χ0v) is 24.0. The van der Waals surface area contributed by atoms with Crippen molar-refractivity contribution in [1.29, 1.82) is 0 Å². The van der Waals surface area contributed by atoms with Gasteiger partial charge in [0.25, 0.3) is 10.0 Å². The third kappa shape index (κ3) is 7.49. The fourth-order valence-electron chi connectivity index (χ4n) is 5.05. The van der Waals surface area contributed by atoms with Crippen LogP contribution in [0.4, 0.5) is 14.5 Å². The first-order valence-electron chi connectivity index (χ1n) is 13.8. The van der Waals surface area contributed by atoms with Gasteiger partial charge in [-0.3, -0.25) is 13.9 Å². The number of nitrogens with zero attached hydrogens (tertiary/aromatic N) is 2. The molecule has 0 saturated heterocycles. The van der Waals surface area contributed by atoms with Crippen LogP contribution in [0.15, 0.2) is 77.7 Å². The quantitative estimate of drug-likeness (QED) is 0.331. The molecule has 41 heavy (non-hydrogen) atoms. The van der Waals surface area contributed by atoms with Gasteiger partial charge in [-0.25, -0.2) is 17.2 Å². The molecule has 10 heteroatoms. The van der Waals surface area contributed by atoms with E-state index in [0.717, 1.165) is 47.7 Å². The second-order valence-corrected chi connectivity index (χ2v) is 12.2. The smallest absolute Gasteiger partial charge is 0.264 e. The summed E-state index contributed by atoms with van der Waals surface area (Å²) in [5.41, 5.74) is 1.55. The first kappa shape index (κ1) is 30.2. The lowest BCUT2D eigenvalue weighted by atomic mass is 10.1. The van der Waals surface area contributed by atoms with Crippen molar-refractivity contribution in [3.63, 3.8) is 0 Å². The Kier molecular flexibility index (Phi) is 9.75. The van der Waals surface area contributed by atoms with E-state index in [1.165, 1.54) is 53.4 Å². The number of hydrogen-bond acceptors (Lipinski definition) is 4. The molecular weight excluding hydrogens is 548 g/mol. The number of amides is 2. The zero-order valence-electron chi connectivity index (χ0n) is 23.2. The minimum absolute atomic E-state index is 0.0250. The summed E-state index contributed by atoms with van der Waals surface area (Å²) in [6, 6.07) is 15.8. The van der Waals surface area contributed by atoms with Crippen LogP contribution in [0.5, 0.6) is 0 Å². The molecule has 1 saturated carbocycles. The van der Waals surface area contributed by atoms with E-state index in [-0.39, 0.29) is 35.5 Å². The molecule has 0 spiro atoms. The average molecular weight is 584 g/mol. The molecule has 0 radical (unpaired) electrons. The Hall–Kier alpha value is -3.79. The SMILES string of the molecule is CCC(C(=O)NC1CCCC1)N(Cc1ccc(F)cc1)C(=O)CN(c1ccc(F)cc1)S(=O)(=O)c1ccc(C)cc1. The number of carbonyl (C=O) groups is 2. The Balaban J connectivity index is 1.70. The van der Waals surface area contributed by atoms with Crippen molar-refractivity contribution in [3.05, 3.63) is 95.6 Å². The van der Waals surface area contributed by atoms with Crippen LogP contribution >= 0.6 is 0 Å². The third-order valence-corrected chi connectivity index (χ3v) is 9.14. The van der Waals surface area contributed by atoms with Gasteiger partial charge in [-0.15, -0.1) is 0 Å². The number of halogens is 2. The summed E-state index contributed by atoms with van der Waals surface area (Å²) < 4.78 is 56.0. The fraction of sp³-hybridized carbons (Fsp3) is 0.355. The van der Waals surface area contributed by atoms with E-state index in [0.29, 0.717) is 5.56 Å². The molecule has 2 amide bonds. The van der Waals surface area contributed by atoms with Crippen LogP contribution in [-0.2, 0) is 26.2 Å². The van der Waals surface area contributed by atoms with Gasteiger partial charge in [0.05, 0.1) is 10.6 Å². The predicted molar refractivity (Wildman–Crippen MR) is 154 cm³/mol. The van der Waals surface area contributed by atoms with E-state index in [1.807, 2.05) is 6.92 Å². The van der Waals surface area contributed by atoms with Crippen LogP contribution in [0.2, 0.25) is 0 Å². The van der Waals surface area contributed by atoms with Gasteiger partial charge < -0.3 is 10.2 Å². The maximum Gasteiger partial charge on any atom is 0.264 e. The maximum absolute atomic E-state index is 14.0.